The number of rotatable bonds is 9. The van der Waals surface area contributed by atoms with Crippen molar-refractivity contribution in [2.45, 2.75) is 13.0 Å². The highest BCUT2D eigenvalue weighted by Crippen LogP contribution is 2.22. The molecule has 0 saturated heterocycles. The van der Waals surface area contributed by atoms with E-state index in [-0.39, 0.29) is 0 Å². The van der Waals surface area contributed by atoms with Crippen molar-refractivity contribution >= 4 is 15.9 Å². The third-order valence-corrected chi connectivity index (χ3v) is 3.23. The molecule has 100 valence electrons. The molecule has 1 rings (SSSR count). The first-order valence-electron chi connectivity index (χ1n) is 5.99. The fourth-order valence-corrected chi connectivity index (χ4v) is 1.84. The molecular weight excluding hydrogens is 294 g/mol. The summed E-state index contributed by atoms with van der Waals surface area (Å²) < 4.78 is 11.7. The summed E-state index contributed by atoms with van der Waals surface area (Å²) in [5, 5.41) is 3.33. The summed E-state index contributed by atoms with van der Waals surface area (Å²) in [6.07, 6.45) is 2.77. The van der Waals surface area contributed by atoms with E-state index in [0.29, 0.717) is 0 Å². The van der Waals surface area contributed by atoms with Gasteiger partial charge in [-0.05, 0) is 30.2 Å². The lowest BCUT2D eigenvalue weighted by molar-refractivity contribution is 0.140. The van der Waals surface area contributed by atoms with E-state index in [4.69, 9.17) is 9.47 Å². The van der Waals surface area contributed by atoms with Gasteiger partial charge >= 0.3 is 0 Å². The number of hydrogen-bond donors (Lipinski definition) is 1. The van der Waals surface area contributed by atoms with Gasteiger partial charge in [0.05, 0.1) is 20.3 Å². The zero-order chi connectivity index (χ0) is 13.2. The third kappa shape index (κ3) is 5.67. The third-order valence-electron chi connectivity index (χ3n) is 2.46. The monoisotopic (exact) mass is 313 g/mol. The Hall–Kier alpha value is -0.840. The van der Waals surface area contributed by atoms with E-state index in [9.17, 15) is 0 Å². The van der Waals surface area contributed by atoms with E-state index in [1.54, 1.807) is 7.11 Å². The summed E-state index contributed by atoms with van der Waals surface area (Å²) in [7, 11) is 1.67. The molecule has 1 aromatic carbocycles. The molecule has 0 aliphatic carbocycles. The Morgan fingerprint density at radius 3 is 2.94 bits per heavy atom. The highest BCUT2D eigenvalue weighted by molar-refractivity contribution is 9.10. The second-order valence-electron chi connectivity index (χ2n) is 3.82. The van der Waals surface area contributed by atoms with Gasteiger partial charge in [0, 0.05) is 17.6 Å². The molecule has 0 bridgehead atoms. The Morgan fingerprint density at radius 2 is 2.22 bits per heavy atom. The predicted octanol–water partition coefficient (Wildman–Crippen LogP) is 3.14. The van der Waals surface area contributed by atoms with Crippen LogP contribution in [-0.2, 0) is 11.3 Å². The minimum atomic E-state index is 0.718. The minimum Gasteiger partial charge on any atom is -0.497 e. The Kier molecular flexibility index (Phi) is 7.73. The SMILES string of the molecule is C=CCCOCCNCc1cc(OC)ccc1Br. The van der Waals surface area contributed by atoms with Gasteiger partial charge in [-0.3, -0.25) is 0 Å². The lowest BCUT2D eigenvalue weighted by Gasteiger charge is -2.09. The first-order valence-corrected chi connectivity index (χ1v) is 6.79. The van der Waals surface area contributed by atoms with Crippen molar-refractivity contribution in [3.8, 4) is 5.75 Å². The molecule has 0 fully saturated rings. The summed E-state index contributed by atoms with van der Waals surface area (Å²) in [5.41, 5.74) is 1.18. The molecule has 0 aliphatic heterocycles. The van der Waals surface area contributed by atoms with Crippen LogP contribution in [0.15, 0.2) is 35.3 Å². The Morgan fingerprint density at radius 1 is 1.39 bits per heavy atom. The van der Waals surface area contributed by atoms with E-state index in [2.05, 4.69) is 27.8 Å². The van der Waals surface area contributed by atoms with E-state index in [1.807, 2.05) is 24.3 Å². The van der Waals surface area contributed by atoms with Crippen LogP contribution in [0.4, 0.5) is 0 Å². The molecular formula is C14H20BrNO2. The molecule has 0 heterocycles. The van der Waals surface area contributed by atoms with Crippen molar-refractivity contribution in [3.63, 3.8) is 0 Å². The molecule has 0 aromatic heterocycles. The molecule has 0 radical (unpaired) electrons. The van der Waals surface area contributed by atoms with Gasteiger partial charge in [0.2, 0.25) is 0 Å². The van der Waals surface area contributed by atoms with Crippen LogP contribution in [0.2, 0.25) is 0 Å². The summed E-state index contributed by atoms with van der Waals surface area (Å²) in [5.74, 6) is 0.872. The second kappa shape index (κ2) is 9.14. The maximum atomic E-state index is 5.42. The van der Waals surface area contributed by atoms with Crippen LogP contribution in [0.1, 0.15) is 12.0 Å². The Labute approximate surface area is 117 Å². The highest BCUT2D eigenvalue weighted by Gasteiger charge is 2.01. The minimum absolute atomic E-state index is 0.718. The van der Waals surface area contributed by atoms with Gasteiger partial charge in [0.15, 0.2) is 0 Å². The summed E-state index contributed by atoms with van der Waals surface area (Å²) in [6.45, 7) is 6.74. The van der Waals surface area contributed by atoms with Crippen LogP contribution >= 0.6 is 15.9 Å². The molecule has 0 aliphatic rings. The molecule has 0 atom stereocenters. The zero-order valence-electron chi connectivity index (χ0n) is 10.7. The smallest absolute Gasteiger partial charge is 0.119 e. The predicted molar refractivity (Wildman–Crippen MR) is 78.0 cm³/mol. The number of benzene rings is 1. The van der Waals surface area contributed by atoms with Gasteiger partial charge in [0.25, 0.3) is 0 Å². The fourth-order valence-electron chi connectivity index (χ4n) is 1.45. The van der Waals surface area contributed by atoms with Crippen molar-refractivity contribution in [1.82, 2.24) is 5.32 Å². The molecule has 0 spiro atoms. The first-order chi connectivity index (χ1) is 8.77. The van der Waals surface area contributed by atoms with E-state index < -0.39 is 0 Å². The maximum Gasteiger partial charge on any atom is 0.119 e. The summed E-state index contributed by atoms with van der Waals surface area (Å²) in [4.78, 5) is 0. The van der Waals surface area contributed by atoms with Gasteiger partial charge in [-0.2, -0.15) is 0 Å². The molecule has 1 N–H and O–H groups in total. The lowest BCUT2D eigenvalue weighted by Crippen LogP contribution is -2.19. The topological polar surface area (TPSA) is 30.5 Å². The molecule has 18 heavy (non-hydrogen) atoms. The lowest BCUT2D eigenvalue weighted by atomic mass is 10.2. The number of ether oxygens (including phenoxy) is 2. The molecule has 4 heteroatoms. The largest absolute Gasteiger partial charge is 0.497 e. The van der Waals surface area contributed by atoms with Crippen molar-refractivity contribution < 1.29 is 9.47 Å². The fraction of sp³-hybridized carbons (Fsp3) is 0.429. The van der Waals surface area contributed by atoms with E-state index >= 15 is 0 Å². The van der Waals surface area contributed by atoms with Crippen LogP contribution in [-0.4, -0.2) is 26.9 Å². The summed E-state index contributed by atoms with van der Waals surface area (Å²) >= 11 is 3.53. The number of methoxy groups -OCH3 is 1. The van der Waals surface area contributed by atoms with Crippen LogP contribution in [0.3, 0.4) is 0 Å². The Balaban J connectivity index is 2.24. The van der Waals surface area contributed by atoms with Crippen LogP contribution < -0.4 is 10.1 Å². The average molecular weight is 314 g/mol. The molecule has 3 nitrogen and oxygen atoms in total. The maximum absolute atomic E-state index is 5.42. The van der Waals surface area contributed by atoms with Crippen LogP contribution in [0, 0.1) is 0 Å². The molecule has 0 saturated carbocycles. The van der Waals surface area contributed by atoms with Gasteiger partial charge < -0.3 is 14.8 Å². The highest BCUT2D eigenvalue weighted by atomic mass is 79.9. The van der Waals surface area contributed by atoms with Crippen molar-refractivity contribution in [3.05, 3.63) is 40.9 Å². The van der Waals surface area contributed by atoms with Crippen molar-refractivity contribution in [2.24, 2.45) is 0 Å². The zero-order valence-corrected chi connectivity index (χ0v) is 12.3. The number of nitrogens with one attached hydrogen (secondary N) is 1. The Bertz CT molecular complexity index is 369. The first kappa shape index (κ1) is 15.2. The average Bonchev–Trinajstić information content (AvgIpc) is 2.39. The molecule has 0 unspecified atom stereocenters. The molecule has 0 amide bonds. The van der Waals surface area contributed by atoms with Crippen LogP contribution in [0.5, 0.6) is 5.75 Å². The number of halogens is 1. The van der Waals surface area contributed by atoms with Gasteiger partial charge in [-0.25, -0.2) is 0 Å². The standard InChI is InChI=1S/C14H20BrNO2/c1-3-4-8-18-9-7-16-11-12-10-13(17-2)5-6-14(12)15/h3,5-6,10,16H,1,4,7-9,11H2,2H3. The second-order valence-corrected chi connectivity index (χ2v) is 4.68. The van der Waals surface area contributed by atoms with Gasteiger partial charge in [-0.15, -0.1) is 6.58 Å². The number of hydrogen-bond acceptors (Lipinski definition) is 3. The molecule has 1 aromatic rings. The normalized spacial score (nSPS) is 10.3. The van der Waals surface area contributed by atoms with Gasteiger partial charge in [-0.1, -0.05) is 22.0 Å². The van der Waals surface area contributed by atoms with E-state index in [1.165, 1.54) is 5.56 Å². The van der Waals surface area contributed by atoms with Gasteiger partial charge in [0.1, 0.15) is 5.75 Å². The summed E-state index contributed by atoms with van der Waals surface area (Å²) in [6, 6.07) is 5.96. The van der Waals surface area contributed by atoms with E-state index in [0.717, 1.165) is 42.9 Å². The van der Waals surface area contributed by atoms with Crippen molar-refractivity contribution in [1.29, 1.82) is 0 Å². The quantitative estimate of drug-likeness (QED) is 0.561. The van der Waals surface area contributed by atoms with Crippen molar-refractivity contribution in [2.75, 3.05) is 26.9 Å². The van der Waals surface area contributed by atoms with Crippen LogP contribution in [0.25, 0.3) is 0 Å².